The average Bonchev–Trinajstić information content (AvgIpc) is 2.42. The molecule has 1 atom stereocenters. The second-order valence-corrected chi connectivity index (χ2v) is 5.22. The second-order valence-electron chi connectivity index (χ2n) is 4.36. The summed E-state index contributed by atoms with van der Waals surface area (Å²) < 4.78 is 13.7. The van der Waals surface area contributed by atoms with Gasteiger partial charge in [0.1, 0.15) is 11.9 Å². The molecule has 1 amide bonds. The Morgan fingerprint density at radius 2 is 1.95 bits per heavy atom. The van der Waals surface area contributed by atoms with Crippen LogP contribution in [-0.4, -0.2) is 5.91 Å². The predicted molar refractivity (Wildman–Crippen MR) is 79.3 cm³/mol. The van der Waals surface area contributed by atoms with Crippen LogP contribution in [0.1, 0.15) is 17.2 Å². The molecular formula is C15H14BrFN2O. The highest BCUT2D eigenvalue weighted by Crippen LogP contribution is 2.19. The minimum absolute atomic E-state index is 0.310. The molecule has 104 valence electrons. The van der Waals surface area contributed by atoms with Gasteiger partial charge in [-0.05, 0) is 23.3 Å². The van der Waals surface area contributed by atoms with E-state index in [9.17, 15) is 9.18 Å². The molecule has 2 aromatic rings. The SMILES string of the molecule is NC(=O)[C@@H](NCc1ccc(F)cc1Br)c1ccccc1. The molecule has 20 heavy (non-hydrogen) atoms. The first kappa shape index (κ1) is 14.7. The third kappa shape index (κ3) is 3.65. The summed E-state index contributed by atoms with van der Waals surface area (Å²) in [5, 5.41) is 3.09. The molecule has 3 nitrogen and oxygen atoms in total. The Balaban J connectivity index is 2.12. The van der Waals surface area contributed by atoms with E-state index in [0.29, 0.717) is 11.0 Å². The number of hydrogen-bond donors (Lipinski definition) is 2. The summed E-state index contributed by atoms with van der Waals surface area (Å²) in [6, 6.07) is 13.1. The smallest absolute Gasteiger partial charge is 0.239 e. The zero-order valence-electron chi connectivity index (χ0n) is 10.6. The van der Waals surface area contributed by atoms with Gasteiger partial charge in [0.25, 0.3) is 0 Å². The van der Waals surface area contributed by atoms with Crippen LogP contribution in [0.2, 0.25) is 0 Å². The van der Waals surface area contributed by atoms with Gasteiger partial charge in [0.2, 0.25) is 5.91 Å². The molecule has 0 aromatic heterocycles. The Bertz CT molecular complexity index is 604. The van der Waals surface area contributed by atoms with E-state index in [-0.39, 0.29) is 5.82 Å². The van der Waals surface area contributed by atoms with Crippen LogP contribution in [0.15, 0.2) is 53.0 Å². The van der Waals surface area contributed by atoms with Crippen LogP contribution in [-0.2, 0) is 11.3 Å². The number of carbonyl (C=O) groups is 1. The van der Waals surface area contributed by atoms with E-state index in [2.05, 4.69) is 21.2 Å². The molecule has 0 bridgehead atoms. The van der Waals surface area contributed by atoms with Crippen molar-refractivity contribution in [1.29, 1.82) is 0 Å². The largest absolute Gasteiger partial charge is 0.368 e. The van der Waals surface area contributed by atoms with Crippen molar-refractivity contribution in [2.75, 3.05) is 0 Å². The van der Waals surface area contributed by atoms with Crippen LogP contribution >= 0.6 is 15.9 Å². The average molecular weight is 337 g/mol. The molecule has 0 spiro atoms. The van der Waals surface area contributed by atoms with Crippen LogP contribution in [0.25, 0.3) is 0 Å². The molecule has 0 heterocycles. The molecule has 0 saturated heterocycles. The summed E-state index contributed by atoms with van der Waals surface area (Å²) in [7, 11) is 0. The molecule has 0 unspecified atom stereocenters. The first-order valence-electron chi connectivity index (χ1n) is 6.09. The minimum Gasteiger partial charge on any atom is -0.368 e. The highest BCUT2D eigenvalue weighted by molar-refractivity contribution is 9.10. The summed E-state index contributed by atoms with van der Waals surface area (Å²) in [6.45, 7) is 0.406. The fourth-order valence-electron chi connectivity index (χ4n) is 1.91. The van der Waals surface area contributed by atoms with Crippen LogP contribution in [0, 0.1) is 5.82 Å². The summed E-state index contributed by atoms with van der Waals surface area (Å²) >= 11 is 3.29. The number of nitrogens with one attached hydrogen (secondary N) is 1. The summed E-state index contributed by atoms with van der Waals surface area (Å²) in [5.41, 5.74) is 7.08. The molecule has 5 heteroatoms. The van der Waals surface area contributed by atoms with Gasteiger partial charge in [-0.2, -0.15) is 0 Å². The van der Waals surface area contributed by atoms with E-state index in [0.717, 1.165) is 11.1 Å². The van der Waals surface area contributed by atoms with Crippen molar-refractivity contribution in [3.8, 4) is 0 Å². The Hall–Kier alpha value is -1.72. The van der Waals surface area contributed by atoms with Crippen molar-refractivity contribution < 1.29 is 9.18 Å². The van der Waals surface area contributed by atoms with Crippen molar-refractivity contribution in [1.82, 2.24) is 5.32 Å². The Morgan fingerprint density at radius 3 is 2.55 bits per heavy atom. The molecule has 2 rings (SSSR count). The maximum atomic E-state index is 13.0. The van der Waals surface area contributed by atoms with Gasteiger partial charge >= 0.3 is 0 Å². The van der Waals surface area contributed by atoms with Gasteiger partial charge in [0.15, 0.2) is 0 Å². The zero-order valence-corrected chi connectivity index (χ0v) is 12.2. The zero-order chi connectivity index (χ0) is 14.5. The van der Waals surface area contributed by atoms with E-state index in [1.54, 1.807) is 6.07 Å². The number of nitrogens with two attached hydrogens (primary N) is 1. The van der Waals surface area contributed by atoms with E-state index in [1.807, 2.05) is 30.3 Å². The van der Waals surface area contributed by atoms with Crippen LogP contribution in [0.5, 0.6) is 0 Å². The van der Waals surface area contributed by atoms with Gasteiger partial charge in [0, 0.05) is 11.0 Å². The number of hydrogen-bond acceptors (Lipinski definition) is 2. The molecule has 0 fully saturated rings. The quantitative estimate of drug-likeness (QED) is 0.881. The molecular weight excluding hydrogens is 323 g/mol. The Labute approximate surface area is 125 Å². The van der Waals surface area contributed by atoms with Crippen molar-refractivity contribution in [3.63, 3.8) is 0 Å². The lowest BCUT2D eigenvalue weighted by atomic mass is 10.1. The van der Waals surface area contributed by atoms with Crippen molar-refractivity contribution in [2.24, 2.45) is 5.73 Å². The summed E-state index contributed by atoms with van der Waals surface area (Å²) in [5.74, 6) is -0.760. The van der Waals surface area contributed by atoms with Gasteiger partial charge in [-0.1, -0.05) is 52.3 Å². The summed E-state index contributed by atoms with van der Waals surface area (Å²) in [6.07, 6.45) is 0. The van der Waals surface area contributed by atoms with Gasteiger partial charge in [-0.3, -0.25) is 10.1 Å². The van der Waals surface area contributed by atoms with Crippen LogP contribution in [0.3, 0.4) is 0 Å². The van der Waals surface area contributed by atoms with Gasteiger partial charge in [-0.25, -0.2) is 4.39 Å². The third-order valence-electron chi connectivity index (χ3n) is 2.93. The lowest BCUT2D eigenvalue weighted by Crippen LogP contribution is -2.33. The number of amides is 1. The minimum atomic E-state index is -0.576. The number of rotatable bonds is 5. The van der Waals surface area contributed by atoms with Gasteiger partial charge in [-0.15, -0.1) is 0 Å². The van der Waals surface area contributed by atoms with Crippen molar-refractivity contribution in [3.05, 3.63) is 69.9 Å². The normalized spacial score (nSPS) is 12.1. The summed E-state index contributed by atoms with van der Waals surface area (Å²) in [4.78, 5) is 11.5. The molecule has 2 aromatic carbocycles. The lowest BCUT2D eigenvalue weighted by molar-refractivity contribution is -0.120. The maximum absolute atomic E-state index is 13.0. The fraction of sp³-hybridized carbons (Fsp3) is 0.133. The predicted octanol–water partition coefficient (Wildman–Crippen LogP) is 2.90. The number of carbonyl (C=O) groups excluding carboxylic acids is 1. The Morgan fingerprint density at radius 1 is 1.25 bits per heavy atom. The first-order chi connectivity index (χ1) is 9.58. The maximum Gasteiger partial charge on any atom is 0.239 e. The van der Waals surface area contributed by atoms with Crippen molar-refractivity contribution >= 4 is 21.8 Å². The lowest BCUT2D eigenvalue weighted by Gasteiger charge is -2.16. The highest BCUT2D eigenvalue weighted by Gasteiger charge is 2.17. The second kappa shape index (κ2) is 6.63. The van der Waals surface area contributed by atoms with Gasteiger partial charge in [0.05, 0.1) is 0 Å². The van der Waals surface area contributed by atoms with E-state index in [1.165, 1.54) is 12.1 Å². The number of halogens is 2. The number of benzene rings is 2. The van der Waals surface area contributed by atoms with E-state index in [4.69, 9.17) is 5.73 Å². The van der Waals surface area contributed by atoms with E-state index >= 15 is 0 Å². The van der Waals surface area contributed by atoms with Crippen LogP contribution in [0.4, 0.5) is 4.39 Å². The molecule has 0 saturated carbocycles. The van der Waals surface area contributed by atoms with Gasteiger partial charge < -0.3 is 5.73 Å². The fourth-order valence-corrected chi connectivity index (χ4v) is 2.40. The molecule has 0 radical (unpaired) electrons. The highest BCUT2D eigenvalue weighted by atomic mass is 79.9. The molecule has 0 aliphatic rings. The molecule has 3 N–H and O–H groups in total. The standard InChI is InChI=1S/C15H14BrFN2O/c16-13-8-12(17)7-6-11(13)9-19-14(15(18)20)10-4-2-1-3-5-10/h1-8,14,19H,9H2,(H2,18,20)/t14-/m0/s1. The van der Waals surface area contributed by atoms with Crippen molar-refractivity contribution in [2.45, 2.75) is 12.6 Å². The van der Waals surface area contributed by atoms with Crippen LogP contribution < -0.4 is 11.1 Å². The molecule has 0 aliphatic carbocycles. The first-order valence-corrected chi connectivity index (χ1v) is 6.89. The monoisotopic (exact) mass is 336 g/mol. The molecule has 0 aliphatic heterocycles. The Kier molecular flexibility index (Phi) is 4.87. The van der Waals surface area contributed by atoms with E-state index < -0.39 is 11.9 Å². The number of primary amides is 1. The topological polar surface area (TPSA) is 55.1 Å². The third-order valence-corrected chi connectivity index (χ3v) is 3.67.